The largest absolute Gasteiger partial charge is 0.573 e. The van der Waals surface area contributed by atoms with Crippen LogP contribution in [0.25, 0.3) is 0 Å². The number of rotatable bonds is 2. The highest BCUT2D eigenvalue weighted by Crippen LogP contribution is 2.26. The molecule has 0 aromatic carbocycles. The van der Waals surface area contributed by atoms with E-state index in [0.29, 0.717) is 6.20 Å². The van der Waals surface area contributed by atoms with Gasteiger partial charge in [0.2, 0.25) is 0 Å². The Morgan fingerprint density at radius 1 is 1.36 bits per heavy atom. The van der Waals surface area contributed by atoms with Gasteiger partial charge in [-0.1, -0.05) is 0 Å². The second-order valence-electron chi connectivity index (χ2n) is 2.21. The number of ether oxygens (including phenoxy) is 2. The number of nitrogens with zero attached hydrogens (tertiary/aromatic N) is 1. The highest BCUT2D eigenvalue weighted by atomic mass is 19.4. The van der Waals surface area contributed by atoms with Gasteiger partial charge < -0.3 is 9.47 Å². The molecule has 0 saturated heterocycles. The molecule has 0 aliphatic rings. The Morgan fingerprint density at radius 3 is 2.50 bits per heavy atom. The van der Waals surface area contributed by atoms with E-state index in [1.807, 2.05) is 0 Å². The maximum Gasteiger partial charge on any atom is 0.573 e. The molecule has 0 saturated carbocycles. The first-order valence-electron chi connectivity index (χ1n) is 3.37. The van der Waals surface area contributed by atoms with Crippen LogP contribution in [0.5, 0.6) is 11.5 Å². The average Bonchev–Trinajstić information content (AvgIpc) is 2.06. The molecule has 1 aromatic rings. The second kappa shape index (κ2) is 3.69. The van der Waals surface area contributed by atoms with Crippen molar-refractivity contribution >= 4 is 0 Å². The van der Waals surface area contributed by atoms with Crippen LogP contribution in [0.1, 0.15) is 0 Å². The monoisotopic (exact) mass is 211 g/mol. The van der Waals surface area contributed by atoms with Crippen LogP contribution in [-0.2, 0) is 0 Å². The molecule has 0 aliphatic heterocycles. The maximum atomic E-state index is 12.6. The molecule has 0 bridgehead atoms. The Hall–Kier alpha value is -1.53. The molecule has 1 aromatic heterocycles. The van der Waals surface area contributed by atoms with Gasteiger partial charge in [0.15, 0.2) is 11.5 Å². The molecule has 78 valence electrons. The zero-order valence-electron chi connectivity index (χ0n) is 6.93. The van der Waals surface area contributed by atoms with Crippen LogP contribution in [0.15, 0.2) is 12.3 Å². The molecule has 0 amide bonds. The van der Waals surface area contributed by atoms with Gasteiger partial charge in [-0.3, -0.25) is 0 Å². The lowest BCUT2D eigenvalue weighted by molar-refractivity contribution is -0.274. The van der Waals surface area contributed by atoms with Crippen molar-refractivity contribution in [1.29, 1.82) is 0 Å². The normalized spacial score (nSPS) is 11.2. The van der Waals surface area contributed by atoms with Crippen LogP contribution in [0.4, 0.5) is 17.6 Å². The minimum Gasteiger partial charge on any atom is -0.492 e. The smallest absolute Gasteiger partial charge is 0.492 e. The summed E-state index contributed by atoms with van der Waals surface area (Å²) in [6.07, 6.45) is -4.21. The fraction of sp³-hybridized carbons (Fsp3) is 0.286. The molecular weight excluding hydrogens is 206 g/mol. The van der Waals surface area contributed by atoms with E-state index in [0.717, 1.165) is 13.2 Å². The van der Waals surface area contributed by atoms with Crippen molar-refractivity contribution < 1.29 is 27.0 Å². The molecule has 1 heterocycles. The fourth-order valence-electron chi connectivity index (χ4n) is 0.743. The number of hydrogen-bond donors (Lipinski definition) is 0. The van der Waals surface area contributed by atoms with Gasteiger partial charge in [0, 0.05) is 6.07 Å². The molecule has 0 radical (unpaired) electrons. The molecule has 0 aliphatic carbocycles. The summed E-state index contributed by atoms with van der Waals surface area (Å²) in [5.74, 6) is -2.04. The summed E-state index contributed by atoms with van der Waals surface area (Å²) in [5, 5.41) is 0. The van der Waals surface area contributed by atoms with Crippen LogP contribution in [0.2, 0.25) is 0 Å². The van der Waals surface area contributed by atoms with Crippen molar-refractivity contribution in [3.05, 3.63) is 18.2 Å². The average molecular weight is 211 g/mol. The van der Waals surface area contributed by atoms with Gasteiger partial charge in [0.05, 0.1) is 13.3 Å². The summed E-state index contributed by atoms with van der Waals surface area (Å²) in [4.78, 5) is 3.02. The Morgan fingerprint density at radius 2 is 2.00 bits per heavy atom. The minimum absolute atomic E-state index is 0.410. The lowest BCUT2D eigenvalue weighted by Crippen LogP contribution is -2.17. The van der Waals surface area contributed by atoms with Gasteiger partial charge in [0.1, 0.15) is 0 Å². The number of pyridine rings is 1. The number of halogens is 4. The predicted octanol–water partition coefficient (Wildman–Crippen LogP) is 2.13. The van der Waals surface area contributed by atoms with Crippen LogP contribution < -0.4 is 9.47 Å². The van der Waals surface area contributed by atoms with E-state index in [2.05, 4.69) is 14.5 Å². The quantitative estimate of drug-likeness (QED) is 0.554. The summed E-state index contributed by atoms with van der Waals surface area (Å²) >= 11 is 0. The zero-order valence-corrected chi connectivity index (χ0v) is 6.93. The van der Waals surface area contributed by atoms with Crippen molar-refractivity contribution in [2.45, 2.75) is 6.36 Å². The van der Waals surface area contributed by atoms with E-state index < -0.39 is 23.8 Å². The first-order chi connectivity index (χ1) is 6.42. The standard InChI is InChI=1S/C7H5F4NO2/c1-13-5-2-4(3-12-6(5)8)14-7(9,10)11/h2-3H,1H3. The topological polar surface area (TPSA) is 31.4 Å². The molecule has 1 rings (SSSR count). The van der Waals surface area contributed by atoms with Gasteiger partial charge >= 0.3 is 6.36 Å². The number of alkyl halides is 3. The summed E-state index contributed by atoms with van der Waals surface area (Å²) < 4.78 is 55.6. The summed E-state index contributed by atoms with van der Waals surface area (Å²) in [6, 6.07) is 0.760. The van der Waals surface area contributed by atoms with Crippen molar-refractivity contribution in [1.82, 2.24) is 4.98 Å². The summed E-state index contributed by atoms with van der Waals surface area (Å²) in [6.45, 7) is 0. The molecule has 0 unspecified atom stereocenters. The second-order valence-corrected chi connectivity index (χ2v) is 2.21. The van der Waals surface area contributed by atoms with E-state index in [1.165, 1.54) is 0 Å². The molecule has 3 nitrogen and oxygen atoms in total. The first kappa shape index (κ1) is 10.6. The third-order valence-corrected chi connectivity index (χ3v) is 1.24. The first-order valence-corrected chi connectivity index (χ1v) is 3.37. The van der Waals surface area contributed by atoms with Gasteiger partial charge in [-0.15, -0.1) is 13.2 Å². The molecular formula is C7H5F4NO2. The Bertz CT molecular complexity index is 326. The van der Waals surface area contributed by atoms with Crippen LogP contribution >= 0.6 is 0 Å². The zero-order chi connectivity index (χ0) is 10.8. The number of methoxy groups -OCH3 is 1. The SMILES string of the molecule is COc1cc(OC(F)(F)F)cnc1F. The van der Waals surface area contributed by atoms with Crippen molar-refractivity contribution in [3.8, 4) is 11.5 Å². The predicted molar refractivity (Wildman–Crippen MR) is 37.4 cm³/mol. The van der Waals surface area contributed by atoms with Gasteiger partial charge in [-0.05, 0) is 0 Å². The van der Waals surface area contributed by atoms with Crippen LogP contribution in [-0.4, -0.2) is 18.5 Å². The van der Waals surface area contributed by atoms with E-state index >= 15 is 0 Å². The highest BCUT2D eigenvalue weighted by Gasteiger charge is 2.31. The maximum absolute atomic E-state index is 12.6. The lowest BCUT2D eigenvalue weighted by Gasteiger charge is -2.09. The van der Waals surface area contributed by atoms with E-state index in [9.17, 15) is 17.6 Å². The molecule has 7 heteroatoms. The molecule has 0 fully saturated rings. The van der Waals surface area contributed by atoms with E-state index in [-0.39, 0.29) is 0 Å². The van der Waals surface area contributed by atoms with Crippen molar-refractivity contribution in [2.24, 2.45) is 0 Å². The summed E-state index contributed by atoms with van der Waals surface area (Å²) in [7, 11) is 1.11. The number of hydrogen-bond acceptors (Lipinski definition) is 3. The Labute approximate surface area is 76.3 Å². The molecule has 0 N–H and O–H groups in total. The fourth-order valence-corrected chi connectivity index (χ4v) is 0.743. The van der Waals surface area contributed by atoms with Gasteiger partial charge in [-0.25, -0.2) is 4.98 Å². The molecule has 14 heavy (non-hydrogen) atoms. The third kappa shape index (κ3) is 2.75. The number of aromatic nitrogens is 1. The molecule has 0 spiro atoms. The Kier molecular flexibility index (Phi) is 2.78. The van der Waals surface area contributed by atoms with Gasteiger partial charge in [-0.2, -0.15) is 4.39 Å². The Balaban J connectivity index is 2.90. The van der Waals surface area contributed by atoms with E-state index in [1.54, 1.807) is 0 Å². The van der Waals surface area contributed by atoms with E-state index in [4.69, 9.17) is 0 Å². The molecule has 0 atom stereocenters. The lowest BCUT2D eigenvalue weighted by atomic mass is 10.4. The minimum atomic E-state index is -4.83. The van der Waals surface area contributed by atoms with Gasteiger partial charge in [0.25, 0.3) is 5.95 Å². The van der Waals surface area contributed by atoms with Crippen LogP contribution in [0, 0.1) is 5.95 Å². The van der Waals surface area contributed by atoms with Crippen molar-refractivity contribution in [3.63, 3.8) is 0 Å². The van der Waals surface area contributed by atoms with Crippen LogP contribution in [0.3, 0.4) is 0 Å². The highest BCUT2D eigenvalue weighted by molar-refractivity contribution is 5.29. The third-order valence-electron chi connectivity index (χ3n) is 1.24. The van der Waals surface area contributed by atoms with Crippen molar-refractivity contribution in [2.75, 3.05) is 7.11 Å². The summed E-state index contributed by atoms with van der Waals surface area (Å²) in [5.41, 5.74) is 0.